The Morgan fingerprint density at radius 3 is 2.47 bits per heavy atom. The van der Waals surface area contributed by atoms with E-state index in [1.54, 1.807) is 32.0 Å². The number of nitrogens with one attached hydrogen (secondary N) is 1. The third-order valence-corrected chi connectivity index (χ3v) is 10.7. The maximum atomic E-state index is 15.3. The summed E-state index contributed by atoms with van der Waals surface area (Å²) in [6.45, 7) is 7.82. The summed E-state index contributed by atoms with van der Waals surface area (Å²) in [5.41, 5.74) is 2.02. The molecule has 1 heterocycles. The molecule has 4 fully saturated rings. The van der Waals surface area contributed by atoms with E-state index < -0.39 is 42.6 Å². The number of fused-ring (bicyclic) bond motifs is 2. The number of anilines is 1. The average Bonchev–Trinajstić information content (AvgIpc) is 3.35. The lowest BCUT2D eigenvalue weighted by molar-refractivity contribution is -0.183. The van der Waals surface area contributed by atoms with Gasteiger partial charge < -0.3 is 30.3 Å². The topological polar surface area (TPSA) is 132 Å². The largest absolute Gasteiger partial charge is 0.496 e. The van der Waals surface area contributed by atoms with Crippen LogP contribution in [-0.2, 0) is 16.2 Å². The molecule has 3 saturated carbocycles. The second-order valence-corrected chi connectivity index (χ2v) is 13.8. The second kappa shape index (κ2) is 12.5. The van der Waals surface area contributed by atoms with Crippen molar-refractivity contribution in [2.45, 2.75) is 71.4 Å². The van der Waals surface area contributed by atoms with Crippen molar-refractivity contribution in [2.75, 3.05) is 32.7 Å². The van der Waals surface area contributed by atoms with Crippen molar-refractivity contribution in [3.05, 3.63) is 47.3 Å². The zero-order valence-corrected chi connectivity index (χ0v) is 27.1. The van der Waals surface area contributed by atoms with Crippen molar-refractivity contribution in [3.8, 4) is 16.9 Å². The number of hydroxylamine groups is 2. The molecule has 0 spiro atoms. The molecule has 2 bridgehead atoms. The lowest BCUT2D eigenvalue weighted by Crippen LogP contribution is -2.62. The SMILES string of the molecule is COc1c(CN2O[C@@H](CO)[C@@H]([C@H](C)O)[C@H]2C(=O)N[C@H]2C[C@@H]3C[C@H]([C@@H]2C)C3(C)C)cc(F)cc1-c1cc(C(=O)O)cc(N(C)C)c1. The molecule has 11 heteroatoms. The van der Waals surface area contributed by atoms with Crippen molar-refractivity contribution in [2.24, 2.45) is 29.1 Å². The van der Waals surface area contributed by atoms with Crippen LogP contribution < -0.4 is 15.0 Å². The number of carbonyl (C=O) groups excluding carboxylic acids is 1. The van der Waals surface area contributed by atoms with Gasteiger partial charge in [-0.3, -0.25) is 9.63 Å². The molecule has 2 aromatic rings. The number of aliphatic hydroxyl groups excluding tert-OH is 2. The zero-order valence-electron chi connectivity index (χ0n) is 27.1. The van der Waals surface area contributed by atoms with E-state index in [1.165, 1.54) is 36.4 Å². The van der Waals surface area contributed by atoms with Crippen LogP contribution in [0.25, 0.3) is 11.1 Å². The summed E-state index contributed by atoms with van der Waals surface area (Å²) in [7, 11) is 5.00. The Bertz CT molecular complexity index is 1450. The smallest absolute Gasteiger partial charge is 0.335 e. The Labute approximate surface area is 264 Å². The van der Waals surface area contributed by atoms with Gasteiger partial charge in [-0.1, -0.05) is 20.8 Å². The number of ether oxygens (including phenoxy) is 1. The van der Waals surface area contributed by atoms with E-state index >= 15 is 4.39 Å². The monoisotopic (exact) mass is 627 g/mol. The number of benzene rings is 2. The first-order valence-electron chi connectivity index (χ1n) is 15.6. The van der Waals surface area contributed by atoms with Gasteiger partial charge in [0, 0.05) is 42.9 Å². The third kappa shape index (κ3) is 6.03. The lowest BCUT2D eigenvalue weighted by Gasteiger charge is -2.62. The predicted octanol–water partition coefficient (Wildman–Crippen LogP) is 3.93. The van der Waals surface area contributed by atoms with Gasteiger partial charge >= 0.3 is 5.97 Å². The molecule has 2 aromatic carbocycles. The molecule has 1 saturated heterocycles. The number of aliphatic hydroxyl groups is 2. The van der Waals surface area contributed by atoms with E-state index in [2.05, 4.69) is 26.1 Å². The van der Waals surface area contributed by atoms with Gasteiger partial charge in [0.2, 0.25) is 5.91 Å². The van der Waals surface area contributed by atoms with Gasteiger partial charge in [0.15, 0.2) is 0 Å². The second-order valence-electron chi connectivity index (χ2n) is 13.8. The van der Waals surface area contributed by atoms with Crippen LogP contribution in [0.15, 0.2) is 30.3 Å². The maximum Gasteiger partial charge on any atom is 0.335 e. The Kier molecular flexibility index (Phi) is 9.21. The lowest BCUT2D eigenvalue weighted by atomic mass is 9.45. The van der Waals surface area contributed by atoms with Gasteiger partial charge in [-0.05, 0) is 78.8 Å². The van der Waals surface area contributed by atoms with E-state index in [4.69, 9.17) is 9.57 Å². The highest BCUT2D eigenvalue weighted by atomic mass is 19.1. The van der Waals surface area contributed by atoms with Gasteiger partial charge in [-0.25, -0.2) is 9.18 Å². The number of hydrogen-bond donors (Lipinski definition) is 4. The standard InChI is InChI=1S/C34H46FN3O7/c1-17-26-12-22(34(26,3)4)13-27(17)36-32(41)30-29(18(2)40)28(16-39)45-38(30)15-21-9-23(35)14-25(31(21)44-7)19-8-20(33(42)43)11-24(10-19)37(5)6/h8-11,14,17-18,22,26-30,39-40H,12-13,15-16H2,1-7H3,(H,36,41)(H,42,43)/t17-,18-,22-,26+,27-,28-,29+,30-/m0/s1. The van der Waals surface area contributed by atoms with Gasteiger partial charge in [0.1, 0.15) is 23.7 Å². The summed E-state index contributed by atoms with van der Waals surface area (Å²) in [6, 6.07) is 6.32. The summed E-state index contributed by atoms with van der Waals surface area (Å²) in [4.78, 5) is 33.8. The molecular formula is C34H46FN3O7. The van der Waals surface area contributed by atoms with E-state index in [0.29, 0.717) is 34.2 Å². The van der Waals surface area contributed by atoms with Crippen LogP contribution in [0.3, 0.4) is 0 Å². The number of amides is 1. The van der Waals surface area contributed by atoms with Crippen LogP contribution in [-0.4, -0.2) is 84.4 Å². The summed E-state index contributed by atoms with van der Waals surface area (Å²) in [6.07, 6.45) is 0.200. The number of carboxylic acids is 1. The van der Waals surface area contributed by atoms with Crippen LogP contribution in [0.4, 0.5) is 10.1 Å². The van der Waals surface area contributed by atoms with Crippen LogP contribution >= 0.6 is 0 Å². The summed E-state index contributed by atoms with van der Waals surface area (Å²) >= 11 is 0. The summed E-state index contributed by atoms with van der Waals surface area (Å²) in [5.74, 6) is -1.15. The van der Waals surface area contributed by atoms with E-state index in [9.17, 15) is 24.9 Å². The molecule has 6 rings (SSSR count). The molecule has 0 radical (unpaired) electrons. The quantitative estimate of drug-likeness (QED) is 0.310. The molecule has 4 aliphatic rings. The van der Waals surface area contributed by atoms with Crippen LogP contribution in [0.1, 0.15) is 56.5 Å². The average molecular weight is 628 g/mol. The number of aromatic carboxylic acids is 1. The van der Waals surface area contributed by atoms with Gasteiger partial charge in [0.05, 0.1) is 31.9 Å². The summed E-state index contributed by atoms with van der Waals surface area (Å²) < 4.78 is 21.1. The van der Waals surface area contributed by atoms with E-state index in [0.717, 1.165) is 12.8 Å². The molecule has 246 valence electrons. The van der Waals surface area contributed by atoms with Crippen LogP contribution in [0.5, 0.6) is 5.75 Å². The first kappa shape index (κ1) is 33.1. The van der Waals surface area contributed by atoms with Crippen molar-refractivity contribution in [1.82, 2.24) is 10.4 Å². The van der Waals surface area contributed by atoms with Crippen molar-refractivity contribution < 1.29 is 38.9 Å². The summed E-state index contributed by atoms with van der Waals surface area (Å²) in [5, 5.41) is 35.3. The normalized spacial score (nSPS) is 29.5. The Morgan fingerprint density at radius 2 is 1.91 bits per heavy atom. The van der Waals surface area contributed by atoms with Crippen LogP contribution in [0.2, 0.25) is 0 Å². The molecule has 8 atom stereocenters. The number of hydrogen-bond acceptors (Lipinski definition) is 8. The maximum absolute atomic E-state index is 15.3. The molecule has 4 N–H and O–H groups in total. The van der Waals surface area contributed by atoms with Crippen molar-refractivity contribution in [3.63, 3.8) is 0 Å². The zero-order chi connectivity index (χ0) is 33.0. The third-order valence-electron chi connectivity index (χ3n) is 10.7. The minimum Gasteiger partial charge on any atom is -0.496 e. The Morgan fingerprint density at radius 1 is 1.20 bits per heavy atom. The number of halogens is 1. The van der Waals surface area contributed by atoms with Gasteiger partial charge in [-0.15, -0.1) is 0 Å². The highest BCUT2D eigenvalue weighted by Gasteiger charge is 2.57. The van der Waals surface area contributed by atoms with Crippen molar-refractivity contribution >= 4 is 17.6 Å². The molecule has 0 unspecified atom stereocenters. The minimum absolute atomic E-state index is 0.0262. The fraction of sp³-hybridized carbons (Fsp3) is 0.588. The van der Waals surface area contributed by atoms with E-state index in [1.807, 2.05) is 0 Å². The number of methoxy groups -OCH3 is 1. The molecule has 10 nitrogen and oxygen atoms in total. The highest BCUT2D eigenvalue weighted by Crippen LogP contribution is 2.61. The van der Waals surface area contributed by atoms with Gasteiger partial charge in [0.25, 0.3) is 0 Å². The number of carbonyl (C=O) groups is 2. The number of carboxylic acid groups (broad SMARTS) is 1. The Balaban J connectivity index is 1.49. The van der Waals surface area contributed by atoms with Gasteiger partial charge in [-0.2, -0.15) is 5.06 Å². The predicted molar refractivity (Wildman–Crippen MR) is 167 cm³/mol. The molecular weight excluding hydrogens is 581 g/mol. The molecule has 0 aromatic heterocycles. The first-order chi connectivity index (χ1) is 21.2. The highest BCUT2D eigenvalue weighted by molar-refractivity contribution is 5.92. The number of rotatable bonds is 10. The molecule has 1 aliphatic heterocycles. The molecule has 1 amide bonds. The number of nitrogens with zero attached hydrogens (tertiary/aromatic N) is 2. The fourth-order valence-corrected chi connectivity index (χ4v) is 8.02. The Hall–Kier alpha value is -3.25. The minimum atomic E-state index is -1.12. The van der Waals surface area contributed by atoms with Crippen LogP contribution in [0, 0.1) is 34.9 Å². The molecule has 3 aliphatic carbocycles. The molecule has 45 heavy (non-hydrogen) atoms. The first-order valence-corrected chi connectivity index (χ1v) is 15.6. The van der Waals surface area contributed by atoms with E-state index in [-0.39, 0.29) is 41.1 Å². The van der Waals surface area contributed by atoms with Crippen molar-refractivity contribution in [1.29, 1.82) is 0 Å². The fourth-order valence-electron chi connectivity index (χ4n) is 8.02.